The summed E-state index contributed by atoms with van der Waals surface area (Å²) in [6.45, 7) is 1.87. The van der Waals surface area contributed by atoms with Gasteiger partial charge in [0.05, 0.1) is 58.3 Å². The van der Waals surface area contributed by atoms with E-state index in [0.717, 1.165) is 23.8 Å². The minimum atomic E-state index is -1.13. The number of ether oxygens (including phenoxy) is 1. The highest BCUT2D eigenvalue weighted by Gasteiger charge is 2.32. The van der Waals surface area contributed by atoms with Crippen LogP contribution in [0.5, 0.6) is 0 Å². The summed E-state index contributed by atoms with van der Waals surface area (Å²) in [5, 5.41) is 20.3. The Labute approximate surface area is 334 Å². The van der Waals surface area contributed by atoms with E-state index in [9.17, 15) is 23.9 Å². The summed E-state index contributed by atoms with van der Waals surface area (Å²) >= 11 is 0. The molecular weight excluding hydrogens is 759 g/mol. The number of amides is 1. The van der Waals surface area contributed by atoms with Crippen molar-refractivity contribution >= 4 is 33.7 Å². The van der Waals surface area contributed by atoms with Gasteiger partial charge in [0.1, 0.15) is 22.9 Å². The van der Waals surface area contributed by atoms with Gasteiger partial charge in [0, 0.05) is 50.1 Å². The summed E-state index contributed by atoms with van der Waals surface area (Å²) < 4.78 is 43.3. The van der Waals surface area contributed by atoms with Gasteiger partial charge in [-0.15, -0.1) is 0 Å². The molecule has 59 heavy (non-hydrogen) atoms. The van der Waals surface area contributed by atoms with E-state index in [1.54, 1.807) is 62.3 Å². The van der Waals surface area contributed by atoms with Crippen molar-refractivity contribution in [3.8, 4) is 28.3 Å². The zero-order chi connectivity index (χ0) is 40.5. The Morgan fingerprint density at radius 1 is 0.864 bits per heavy atom. The first-order valence-electron chi connectivity index (χ1n) is 19.3. The van der Waals surface area contributed by atoms with E-state index in [2.05, 4.69) is 11.2 Å². The number of para-hydroxylation sites is 1. The fourth-order valence-electron chi connectivity index (χ4n) is 8.58. The molecular formula is C44H36F2N8O5. The number of halogens is 2. The lowest BCUT2D eigenvalue weighted by molar-refractivity contribution is 0.0684. The molecule has 2 aliphatic heterocycles. The van der Waals surface area contributed by atoms with E-state index in [0.29, 0.717) is 58.5 Å². The van der Waals surface area contributed by atoms with Crippen LogP contribution in [-0.4, -0.2) is 74.9 Å². The molecule has 1 fully saturated rings. The zero-order valence-electron chi connectivity index (χ0n) is 31.8. The van der Waals surface area contributed by atoms with Gasteiger partial charge in [-0.1, -0.05) is 18.2 Å². The molecule has 2 aliphatic rings. The van der Waals surface area contributed by atoms with Gasteiger partial charge in [0.25, 0.3) is 5.91 Å². The van der Waals surface area contributed by atoms with Gasteiger partial charge in [0.15, 0.2) is 5.82 Å². The third kappa shape index (κ3) is 5.95. The maximum atomic E-state index is 15.9. The molecule has 0 atom stereocenters. The molecule has 0 bridgehead atoms. The number of rotatable bonds is 7. The monoisotopic (exact) mass is 794 g/mol. The lowest BCUT2D eigenvalue weighted by atomic mass is 9.91. The van der Waals surface area contributed by atoms with Crippen molar-refractivity contribution < 1.29 is 28.2 Å². The molecule has 4 aromatic heterocycles. The van der Waals surface area contributed by atoms with Gasteiger partial charge in [-0.25, -0.2) is 18.4 Å². The lowest BCUT2D eigenvalue weighted by Crippen LogP contribution is -2.39. The molecule has 1 saturated heterocycles. The van der Waals surface area contributed by atoms with E-state index >= 15 is 4.39 Å². The van der Waals surface area contributed by atoms with Gasteiger partial charge in [-0.05, 0) is 91.1 Å². The fourth-order valence-corrected chi connectivity index (χ4v) is 8.58. The predicted octanol–water partition coefficient (Wildman–Crippen LogP) is 6.85. The largest absolute Gasteiger partial charge is 0.478 e. The third-order valence-electron chi connectivity index (χ3n) is 11.6. The van der Waals surface area contributed by atoms with E-state index in [1.807, 2.05) is 18.2 Å². The molecule has 6 heterocycles. The molecule has 296 valence electrons. The number of carboxylic acids is 1. The summed E-state index contributed by atoms with van der Waals surface area (Å²) in [5.74, 6) is -2.24. The molecule has 0 spiro atoms. The van der Waals surface area contributed by atoms with Crippen molar-refractivity contribution in [2.45, 2.75) is 31.8 Å². The van der Waals surface area contributed by atoms with Crippen molar-refractivity contribution in [1.82, 2.24) is 38.2 Å². The molecule has 10 rings (SSSR count). The standard InChI is InChI=1S/C44H36F2N8O5/c1-49-34-12-13-36(39(46)32(34)24-47-49)51-17-18-52(44(51)58)41-38-25-50(16-19-53(38)48-40(41)27-6-9-30(45)10-7-27)42(55)37-23-29-22-28(26-14-20-59-21-15-26)8-11-33(29)54(37)35-5-3-2-4-31(35)43(56)57/h2-13,17-18,22-24,26H,14-16,19-21,25H2,1H3,(H,56,57). The van der Waals surface area contributed by atoms with Crippen LogP contribution in [0.15, 0.2) is 108 Å². The molecule has 1 amide bonds. The average molecular weight is 795 g/mol. The van der Waals surface area contributed by atoms with E-state index in [1.165, 1.54) is 52.0 Å². The third-order valence-corrected chi connectivity index (χ3v) is 11.6. The number of carboxylic acid groups (broad SMARTS) is 1. The number of hydrogen-bond acceptors (Lipinski definition) is 6. The van der Waals surface area contributed by atoms with Crippen molar-refractivity contribution in [2.24, 2.45) is 7.05 Å². The van der Waals surface area contributed by atoms with Crippen LogP contribution in [0.4, 0.5) is 8.78 Å². The highest BCUT2D eigenvalue weighted by atomic mass is 19.1. The number of carbonyl (C=O) groups is 2. The van der Waals surface area contributed by atoms with Crippen LogP contribution in [-0.2, 0) is 24.9 Å². The number of aromatic carboxylic acids is 1. The van der Waals surface area contributed by atoms with Gasteiger partial charge in [-0.3, -0.25) is 23.3 Å². The topological polar surface area (TPSA) is 134 Å². The van der Waals surface area contributed by atoms with Crippen LogP contribution in [0.2, 0.25) is 0 Å². The number of nitrogens with zero attached hydrogens (tertiary/aromatic N) is 8. The predicted molar refractivity (Wildman–Crippen MR) is 215 cm³/mol. The summed E-state index contributed by atoms with van der Waals surface area (Å²) in [7, 11) is 1.71. The lowest BCUT2D eigenvalue weighted by Gasteiger charge is -2.29. The Kier molecular flexibility index (Phi) is 8.63. The number of aromatic nitrogens is 7. The number of carbonyl (C=O) groups excluding carboxylic acids is 1. The second-order valence-electron chi connectivity index (χ2n) is 14.9. The molecule has 1 N–H and O–H groups in total. The van der Waals surface area contributed by atoms with Crippen molar-refractivity contribution in [2.75, 3.05) is 19.8 Å². The fraction of sp³-hybridized carbons (Fsp3) is 0.205. The smallest absolute Gasteiger partial charge is 0.337 e. The quantitative estimate of drug-likeness (QED) is 0.187. The van der Waals surface area contributed by atoms with Crippen LogP contribution in [0.3, 0.4) is 0 Å². The summed E-state index contributed by atoms with van der Waals surface area (Å²) in [5.41, 5.74) is 4.29. The summed E-state index contributed by atoms with van der Waals surface area (Å²) in [4.78, 5) is 43.5. The van der Waals surface area contributed by atoms with Gasteiger partial charge < -0.3 is 19.3 Å². The molecule has 0 aliphatic carbocycles. The molecule has 0 unspecified atom stereocenters. The first-order valence-corrected chi connectivity index (χ1v) is 19.3. The van der Waals surface area contributed by atoms with Crippen LogP contribution in [0, 0.1) is 11.6 Å². The maximum absolute atomic E-state index is 15.9. The Balaban J connectivity index is 1.09. The number of imidazole rings is 1. The van der Waals surface area contributed by atoms with E-state index in [4.69, 9.17) is 9.84 Å². The molecule has 0 saturated carbocycles. The minimum Gasteiger partial charge on any atom is -0.478 e. The second-order valence-corrected chi connectivity index (χ2v) is 14.9. The number of benzene rings is 4. The van der Waals surface area contributed by atoms with Crippen LogP contribution in [0.25, 0.3) is 50.1 Å². The SMILES string of the molecule is Cn1ncc2c(F)c(-n3ccn(-c4c(-c5ccc(F)cc5)nn5c4CN(C(=O)c4cc6cc(C7CCOCC7)ccc6n4-c4ccccc4C(=O)O)CC5)c3=O)ccc21. The van der Waals surface area contributed by atoms with Gasteiger partial charge >= 0.3 is 11.7 Å². The Hall–Kier alpha value is -7.13. The Morgan fingerprint density at radius 2 is 1.63 bits per heavy atom. The van der Waals surface area contributed by atoms with Crippen LogP contribution < -0.4 is 5.69 Å². The Morgan fingerprint density at radius 3 is 2.42 bits per heavy atom. The number of aryl methyl sites for hydroxylation is 1. The molecule has 13 nitrogen and oxygen atoms in total. The van der Waals surface area contributed by atoms with E-state index < -0.39 is 23.3 Å². The highest BCUT2D eigenvalue weighted by Crippen LogP contribution is 2.36. The number of fused-ring (bicyclic) bond motifs is 3. The molecule has 0 radical (unpaired) electrons. The normalized spacial score (nSPS) is 14.7. The molecule has 15 heteroatoms. The first kappa shape index (κ1) is 36.2. The highest BCUT2D eigenvalue weighted by molar-refractivity contribution is 6.02. The molecule has 4 aromatic carbocycles. The van der Waals surface area contributed by atoms with Crippen LogP contribution in [0.1, 0.15) is 50.9 Å². The number of hydrogen-bond donors (Lipinski definition) is 1. The van der Waals surface area contributed by atoms with Crippen molar-refractivity contribution in [1.29, 1.82) is 0 Å². The van der Waals surface area contributed by atoms with Gasteiger partial charge in [0.2, 0.25) is 0 Å². The summed E-state index contributed by atoms with van der Waals surface area (Å²) in [6, 6.07) is 23.4. The first-order chi connectivity index (χ1) is 28.7. The minimum absolute atomic E-state index is 0.0193. The second kappa shape index (κ2) is 14.1. The van der Waals surface area contributed by atoms with Gasteiger partial charge in [-0.2, -0.15) is 10.2 Å². The maximum Gasteiger partial charge on any atom is 0.337 e. The molecule has 8 aromatic rings. The average Bonchev–Trinajstić information content (AvgIpc) is 4.03. The zero-order valence-corrected chi connectivity index (χ0v) is 31.8. The van der Waals surface area contributed by atoms with Crippen molar-refractivity contribution in [3.63, 3.8) is 0 Å². The Bertz CT molecular complexity index is 3040. The van der Waals surface area contributed by atoms with Crippen molar-refractivity contribution in [3.05, 3.63) is 148 Å². The van der Waals surface area contributed by atoms with Crippen LogP contribution >= 0.6 is 0 Å². The van der Waals surface area contributed by atoms with E-state index in [-0.39, 0.29) is 47.9 Å². The summed E-state index contributed by atoms with van der Waals surface area (Å²) in [6.07, 6.45) is 6.17.